The molecule has 1 unspecified atom stereocenters. The maximum atomic E-state index is 13.4. The standard InChI is InChI=1S/C18H21FN2O/c1-14(15-7-3-2-4-8-15)21-18(22)11-12-20-13-16-9-5-6-10-17(16)19/h2-10,14,20H,11-13H2,1H3,(H,21,22). The van der Waals surface area contributed by atoms with Crippen molar-refractivity contribution in [3.63, 3.8) is 0 Å². The second-order valence-electron chi connectivity index (χ2n) is 5.22. The third-order valence-electron chi connectivity index (χ3n) is 3.48. The Morgan fingerprint density at radius 2 is 1.77 bits per heavy atom. The Kier molecular flexibility index (Phi) is 6.10. The van der Waals surface area contributed by atoms with Crippen molar-refractivity contribution in [3.05, 3.63) is 71.5 Å². The summed E-state index contributed by atoms with van der Waals surface area (Å²) in [6.07, 6.45) is 0.367. The van der Waals surface area contributed by atoms with E-state index >= 15 is 0 Å². The number of rotatable bonds is 7. The molecule has 1 atom stereocenters. The zero-order chi connectivity index (χ0) is 15.8. The largest absolute Gasteiger partial charge is 0.350 e. The quantitative estimate of drug-likeness (QED) is 0.771. The molecule has 0 fully saturated rings. The van der Waals surface area contributed by atoms with Crippen molar-refractivity contribution in [1.82, 2.24) is 10.6 Å². The van der Waals surface area contributed by atoms with E-state index in [1.807, 2.05) is 37.3 Å². The number of nitrogens with one attached hydrogen (secondary N) is 2. The fraction of sp³-hybridized carbons (Fsp3) is 0.278. The monoisotopic (exact) mass is 300 g/mol. The van der Waals surface area contributed by atoms with Crippen LogP contribution in [-0.4, -0.2) is 12.5 Å². The number of carbonyl (C=O) groups is 1. The molecule has 0 saturated carbocycles. The van der Waals surface area contributed by atoms with Gasteiger partial charge in [-0.05, 0) is 18.6 Å². The number of carbonyl (C=O) groups excluding carboxylic acids is 1. The lowest BCUT2D eigenvalue weighted by Crippen LogP contribution is -2.29. The van der Waals surface area contributed by atoms with E-state index in [0.29, 0.717) is 25.1 Å². The normalized spacial score (nSPS) is 11.9. The SMILES string of the molecule is CC(NC(=O)CCNCc1ccccc1F)c1ccccc1. The van der Waals surface area contributed by atoms with Crippen LogP contribution in [0.1, 0.15) is 30.5 Å². The van der Waals surface area contributed by atoms with Crippen molar-refractivity contribution in [2.45, 2.75) is 25.9 Å². The highest BCUT2D eigenvalue weighted by Crippen LogP contribution is 2.11. The highest BCUT2D eigenvalue weighted by atomic mass is 19.1. The molecule has 0 aliphatic carbocycles. The van der Waals surface area contributed by atoms with E-state index < -0.39 is 0 Å². The van der Waals surface area contributed by atoms with Crippen LogP contribution in [0.4, 0.5) is 4.39 Å². The van der Waals surface area contributed by atoms with Crippen LogP contribution in [0.5, 0.6) is 0 Å². The summed E-state index contributed by atoms with van der Waals surface area (Å²) in [5, 5.41) is 6.04. The molecule has 0 heterocycles. The topological polar surface area (TPSA) is 41.1 Å². The van der Waals surface area contributed by atoms with Crippen molar-refractivity contribution in [2.24, 2.45) is 0 Å². The van der Waals surface area contributed by atoms with Crippen molar-refractivity contribution < 1.29 is 9.18 Å². The maximum Gasteiger partial charge on any atom is 0.221 e. The summed E-state index contributed by atoms with van der Waals surface area (Å²) in [6.45, 7) is 2.90. The molecule has 0 aliphatic heterocycles. The minimum atomic E-state index is -0.225. The van der Waals surface area contributed by atoms with Gasteiger partial charge in [-0.25, -0.2) is 4.39 Å². The number of hydrogen-bond donors (Lipinski definition) is 2. The third kappa shape index (κ3) is 4.97. The molecule has 0 aromatic heterocycles. The first-order valence-corrected chi connectivity index (χ1v) is 7.45. The van der Waals surface area contributed by atoms with E-state index in [1.54, 1.807) is 18.2 Å². The van der Waals surface area contributed by atoms with Gasteiger partial charge < -0.3 is 10.6 Å². The molecule has 2 rings (SSSR count). The number of hydrogen-bond acceptors (Lipinski definition) is 2. The van der Waals surface area contributed by atoms with Gasteiger partial charge in [-0.1, -0.05) is 48.5 Å². The predicted octanol–water partition coefficient (Wildman–Crippen LogP) is 3.18. The molecule has 0 radical (unpaired) electrons. The van der Waals surface area contributed by atoms with Crippen molar-refractivity contribution >= 4 is 5.91 Å². The average Bonchev–Trinajstić information content (AvgIpc) is 2.54. The Bertz CT molecular complexity index is 601. The minimum Gasteiger partial charge on any atom is -0.350 e. The van der Waals surface area contributed by atoms with Crippen LogP contribution < -0.4 is 10.6 Å². The Hall–Kier alpha value is -2.20. The highest BCUT2D eigenvalue weighted by Gasteiger charge is 2.08. The Balaban J connectivity index is 1.69. The summed E-state index contributed by atoms with van der Waals surface area (Å²) in [4.78, 5) is 11.9. The van der Waals surface area contributed by atoms with Crippen molar-refractivity contribution in [1.29, 1.82) is 0 Å². The van der Waals surface area contributed by atoms with Crippen LogP contribution >= 0.6 is 0 Å². The van der Waals surface area contributed by atoms with Crippen LogP contribution in [0.3, 0.4) is 0 Å². The second kappa shape index (κ2) is 8.29. The van der Waals surface area contributed by atoms with Gasteiger partial charge >= 0.3 is 0 Å². The molecule has 22 heavy (non-hydrogen) atoms. The van der Waals surface area contributed by atoms with E-state index in [2.05, 4.69) is 10.6 Å². The van der Waals surface area contributed by atoms with Gasteiger partial charge in [0.1, 0.15) is 5.82 Å². The summed E-state index contributed by atoms with van der Waals surface area (Å²) in [6, 6.07) is 16.5. The van der Waals surface area contributed by atoms with Gasteiger partial charge in [-0.2, -0.15) is 0 Å². The molecule has 0 saturated heterocycles. The van der Waals surface area contributed by atoms with Gasteiger partial charge in [0.05, 0.1) is 6.04 Å². The molecule has 116 valence electrons. The van der Waals surface area contributed by atoms with E-state index in [1.165, 1.54) is 6.07 Å². The first-order valence-electron chi connectivity index (χ1n) is 7.45. The predicted molar refractivity (Wildman–Crippen MR) is 85.7 cm³/mol. The van der Waals surface area contributed by atoms with Crippen molar-refractivity contribution in [2.75, 3.05) is 6.54 Å². The zero-order valence-electron chi connectivity index (χ0n) is 12.7. The Morgan fingerprint density at radius 3 is 2.50 bits per heavy atom. The summed E-state index contributed by atoms with van der Waals surface area (Å²) in [5.41, 5.74) is 1.69. The summed E-state index contributed by atoms with van der Waals surface area (Å²) >= 11 is 0. The third-order valence-corrected chi connectivity index (χ3v) is 3.48. The first kappa shape index (κ1) is 16.2. The molecule has 2 aromatic carbocycles. The number of halogens is 1. The van der Waals surface area contributed by atoms with Crippen molar-refractivity contribution in [3.8, 4) is 0 Å². The highest BCUT2D eigenvalue weighted by molar-refractivity contribution is 5.76. The van der Waals surface area contributed by atoms with Crippen LogP contribution in [0.15, 0.2) is 54.6 Å². The molecular formula is C18H21FN2O. The summed E-state index contributed by atoms with van der Waals surface area (Å²) in [5.74, 6) is -0.241. The first-order chi connectivity index (χ1) is 10.7. The summed E-state index contributed by atoms with van der Waals surface area (Å²) in [7, 11) is 0. The Labute approximate surface area is 130 Å². The fourth-order valence-corrected chi connectivity index (χ4v) is 2.21. The van der Waals surface area contributed by atoms with Crippen LogP contribution in [-0.2, 0) is 11.3 Å². The van der Waals surface area contributed by atoms with E-state index in [-0.39, 0.29) is 17.8 Å². The lowest BCUT2D eigenvalue weighted by Gasteiger charge is -2.14. The molecular weight excluding hydrogens is 279 g/mol. The van der Waals surface area contributed by atoms with E-state index in [0.717, 1.165) is 5.56 Å². The van der Waals surface area contributed by atoms with E-state index in [9.17, 15) is 9.18 Å². The fourth-order valence-electron chi connectivity index (χ4n) is 2.21. The van der Waals surface area contributed by atoms with Crippen LogP contribution in [0, 0.1) is 5.82 Å². The molecule has 0 spiro atoms. The maximum absolute atomic E-state index is 13.4. The lowest BCUT2D eigenvalue weighted by atomic mass is 10.1. The lowest BCUT2D eigenvalue weighted by molar-refractivity contribution is -0.121. The Morgan fingerprint density at radius 1 is 1.09 bits per heavy atom. The number of amides is 1. The molecule has 2 N–H and O–H groups in total. The second-order valence-corrected chi connectivity index (χ2v) is 5.22. The number of benzene rings is 2. The molecule has 1 amide bonds. The summed E-state index contributed by atoms with van der Waals surface area (Å²) < 4.78 is 13.4. The molecule has 4 heteroatoms. The van der Waals surface area contributed by atoms with Gasteiger partial charge in [0, 0.05) is 25.1 Å². The molecule has 3 nitrogen and oxygen atoms in total. The smallest absolute Gasteiger partial charge is 0.221 e. The average molecular weight is 300 g/mol. The zero-order valence-corrected chi connectivity index (χ0v) is 12.7. The van der Waals surface area contributed by atoms with Crippen LogP contribution in [0.2, 0.25) is 0 Å². The van der Waals surface area contributed by atoms with Gasteiger partial charge in [-0.15, -0.1) is 0 Å². The molecule has 0 aliphatic rings. The van der Waals surface area contributed by atoms with Crippen LogP contribution in [0.25, 0.3) is 0 Å². The molecule has 0 bridgehead atoms. The van der Waals surface area contributed by atoms with E-state index in [4.69, 9.17) is 0 Å². The van der Waals surface area contributed by atoms with Gasteiger partial charge in [0.2, 0.25) is 5.91 Å². The van der Waals surface area contributed by atoms with Gasteiger partial charge in [-0.3, -0.25) is 4.79 Å². The minimum absolute atomic E-state index is 0.0136. The molecule has 2 aromatic rings. The van der Waals surface area contributed by atoms with Gasteiger partial charge in [0.15, 0.2) is 0 Å². The van der Waals surface area contributed by atoms with Gasteiger partial charge in [0.25, 0.3) is 0 Å².